The number of aromatic nitrogens is 1. The number of rotatable bonds is 4. The SMILES string of the molecule is COc1nc(OC(F)(F)F)cc(CO)c1CN. The van der Waals surface area contributed by atoms with Gasteiger partial charge in [-0.05, 0) is 5.56 Å². The number of methoxy groups -OCH3 is 1. The number of hydrogen-bond donors (Lipinski definition) is 2. The van der Waals surface area contributed by atoms with E-state index in [1.165, 1.54) is 7.11 Å². The van der Waals surface area contributed by atoms with Crippen LogP contribution < -0.4 is 15.2 Å². The molecule has 0 saturated heterocycles. The standard InChI is InChI=1S/C9H11F3N2O3/c1-16-8-6(3-13)5(4-15)2-7(14-8)17-9(10,11)12/h2,15H,3-4,13H2,1H3. The van der Waals surface area contributed by atoms with Crippen LogP contribution in [-0.2, 0) is 13.2 Å². The van der Waals surface area contributed by atoms with Gasteiger partial charge in [-0.2, -0.15) is 4.98 Å². The van der Waals surface area contributed by atoms with E-state index in [-0.39, 0.29) is 18.0 Å². The molecule has 0 spiro atoms. The molecule has 0 atom stereocenters. The number of hydrogen-bond acceptors (Lipinski definition) is 5. The first-order valence-electron chi connectivity index (χ1n) is 4.54. The van der Waals surface area contributed by atoms with Gasteiger partial charge < -0.3 is 20.3 Å². The molecular weight excluding hydrogens is 241 g/mol. The van der Waals surface area contributed by atoms with Crippen molar-refractivity contribution in [3.63, 3.8) is 0 Å². The fraction of sp³-hybridized carbons (Fsp3) is 0.444. The predicted molar refractivity (Wildman–Crippen MR) is 51.3 cm³/mol. The van der Waals surface area contributed by atoms with E-state index in [0.29, 0.717) is 5.56 Å². The molecule has 0 fully saturated rings. The number of aliphatic hydroxyl groups excluding tert-OH is 1. The lowest BCUT2D eigenvalue weighted by Crippen LogP contribution is -2.19. The second-order valence-corrected chi connectivity index (χ2v) is 3.02. The first kappa shape index (κ1) is 13.5. The van der Waals surface area contributed by atoms with Gasteiger partial charge >= 0.3 is 6.36 Å². The fourth-order valence-electron chi connectivity index (χ4n) is 1.27. The van der Waals surface area contributed by atoms with Gasteiger partial charge in [-0.25, -0.2) is 0 Å². The highest BCUT2D eigenvalue weighted by Gasteiger charge is 2.32. The third kappa shape index (κ3) is 3.46. The van der Waals surface area contributed by atoms with Gasteiger partial charge in [-0.3, -0.25) is 0 Å². The van der Waals surface area contributed by atoms with Crippen LogP contribution in [-0.4, -0.2) is 23.6 Å². The van der Waals surface area contributed by atoms with Gasteiger partial charge in [0.15, 0.2) is 0 Å². The molecular formula is C9H11F3N2O3. The Morgan fingerprint density at radius 1 is 1.47 bits per heavy atom. The van der Waals surface area contributed by atoms with Gasteiger partial charge in [0.05, 0.1) is 13.7 Å². The number of ether oxygens (including phenoxy) is 2. The Kier molecular flexibility index (Phi) is 4.13. The van der Waals surface area contributed by atoms with Crippen molar-refractivity contribution in [2.24, 2.45) is 5.73 Å². The first-order chi connectivity index (χ1) is 7.91. The van der Waals surface area contributed by atoms with Crippen LogP contribution in [0.5, 0.6) is 11.8 Å². The fourth-order valence-corrected chi connectivity index (χ4v) is 1.27. The summed E-state index contributed by atoms with van der Waals surface area (Å²) >= 11 is 0. The molecule has 0 aliphatic carbocycles. The molecule has 0 aliphatic rings. The third-order valence-electron chi connectivity index (χ3n) is 1.94. The van der Waals surface area contributed by atoms with Crippen molar-refractivity contribution < 1.29 is 27.8 Å². The van der Waals surface area contributed by atoms with Crippen molar-refractivity contribution in [2.45, 2.75) is 19.5 Å². The highest BCUT2D eigenvalue weighted by Crippen LogP contribution is 2.28. The van der Waals surface area contributed by atoms with E-state index in [0.717, 1.165) is 6.07 Å². The van der Waals surface area contributed by atoms with Crippen LogP contribution in [0.15, 0.2) is 6.07 Å². The van der Waals surface area contributed by atoms with Crippen LogP contribution in [0, 0.1) is 0 Å². The molecule has 1 aromatic rings. The molecule has 1 heterocycles. The summed E-state index contributed by atoms with van der Waals surface area (Å²) in [7, 11) is 1.24. The summed E-state index contributed by atoms with van der Waals surface area (Å²) in [6, 6.07) is 0.970. The smallest absolute Gasteiger partial charge is 0.481 e. The minimum atomic E-state index is -4.85. The lowest BCUT2D eigenvalue weighted by Gasteiger charge is -2.14. The highest BCUT2D eigenvalue weighted by atomic mass is 19.4. The average molecular weight is 252 g/mol. The zero-order chi connectivity index (χ0) is 13.1. The van der Waals surface area contributed by atoms with E-state index in [2.05, 4.69) is 9.72 Å². The third-order valence-corrected chi connectivity index (χ3v) is 1.94. The molecule has 0 aromatic carbocycles. The van der Waals surface area contributed by atoms with Gasteiger partial charge in [0.25, 0.3) is 0 Å². The topological polar surface area (TPSA) is 77.6 Å². The second-order valence-electron chi connectivity index (χ2n) is 3.02. The Balaban J connectivity index is 3.18. The first-order valence-corrected chi connectivity index (χ1v) is 4.54. The molecule has 0 amide bonds. The summed E-state index contributed by atoms with van der Waals surface area (Å²) < 4.78 is 44.4. The molecule has 0 radical (unpaired) electrons. The van der Waals surface area contributed by atoms with Gasteiger partial charge in [0.1, 0.15) is 0 Å². The van der Waals surface area contributed by atoms with E-state index in [1.54, 1.807) is 0 Å². The van der Waals surface area contributed by atoms with Gasteiger partial charge in [0.2, 0.25) is 11.8 Å². The number of pyridine rings is 1. The molecule has 1 aromatic heterocycles. The minimum absolute atomic E-state index is 0.0155. The van der Waals surface area contributed by atoms with Gasteiger partial charge in [-0.15, -0.1) is 13.2 Å². The molecule has 0 bridgehead atoms. The minimum Gasteiger partial charge on any atom is -0.481 e. The Morgan fingerprint density at radius 3 is 2.53 bits per heavy atom. The van der Waals surface area contributed by atoms with E-state index >= 15 is 0 Å². The summed E-state index contributed by atoms with van der Waals surface area (Å²) in [6.45, 7) is -0.502. The Hall–Kier alpha value is -1.54. The maximum atomic E-state index is 12.0. The molecule has 0 saturated carbocycles. The van der Waals surface area contributed by atoms with Crippen LogP contribution in [0.1, 0.15) is 11.1 Å². The molecule has 8 heteroatoms. The Morgan fingerprint density at radius 2 is 2.12 bits per heavy atom. The molecule has 1 rings (SSSR count). The van der Waals surface area contributed by atoms with Crippen molar-refractivity contribution in [2.75, 3.05) is 7.11 Å². The predicted octanol–water partition coefficient (Wildman–Crippen LogP) is 0.940. The lowest BCUT2D eigenvalue weighted by atomic mass is 10.1. The van der Waals surface area contributed by atoms with Gasteiger partial charge in [-0.1, -0.05) is 0 Å². The highest BCUT2D eigenvalue weighted by molar-refractivity contribution is 5.38. The number of alkyl halides is 3. The number of aliphatic hydroxyl groups is 1. The normalized spacial score (nSPS) is 11.4. The van der Waals surface area contributed by atoms with E-state index in [4.69, 9.17) is 15.6 Å². The van der Waals surface area contributed by atoms with Crippen molar-refractivity contribution in [3.05, 3.63) is 17.2 Å². The molecule has 5 nitrogen and oxygen atoms in total. The summed E-state index contributed by atoms with van der Waals surface area (Å²) in [5, 5.41) is 9.02. The maximum Gasteiger partial charge on any atom is 0.574 e. The van der Waals surface area contributed by atoms with Crippen LogP contribution >= 0.6 is 0 Å². The van der Waals surface area contributed by atoms with Crippen LogP contribution in [0.25, 0.3) is 0 Å². The number of nitrogens with zero attached hydrogens (tertiary/aromatic N) is 1. The molecule has 0 aliphatic heterocycles. The largest absolute Gasteiger partial charge is 0.574 e. The summed E-state index contributed by atoms with van der Waals surface area (Å²) in [6.07, 6.45) is -4.85. The Labute approximate surface area is 95.0 Å². The monoisotopic (exact) mass is 252 g/mol. The summed E-state index contributed by atoms with van der Waals surface area (Å²) in [4.78, 5) is 3.50. The van der Waals surface area contributed by atoms with Crippen LogP contribution in [0.2, 0.25) is 0 Å². The van der Waals surface area contributed by atoms with E-state index in [1.807, 2.05) is 0 Å². The van der Waals surface area contributed by atoms with Crippen LogP contribution in [0.4, 0.5) is 13.2 Å². The number of nitrogens with two attached hydrogens (primary N) is 1. The summed E-state index contributed by atoms with van der Waals surface area (Å²) in [5.74, 6) is -0.797. The van der Waals surface area contributed by atoms with Crippen molar-refractivity contribution >= 4 is 0 Å². The van der Waals surface area contributed by atoms with E-state index in [9.17, 15) is 13.2 Å². The lowest BCUT2D eigenvalue weighted by molar-refractivity contribution is -0.276. The zero-order valence-electron chi connectivity index (χ0n) is 8.91. The van der Waals surface area contributed by atoms with Crippen molar-refractivity contribution in [1.82, 2.24) is 4.98 Å². The zero-order valence-corrected chi connectivity index (χ0v) is 8.91. The molecule has 3 N–H and O–H groups in total. The van der Waals surface area contributed by atoms with Gasteiger partial charge in [0, 0.05) is 18.2 Å². The molecule has 17 heavy (non-hydrogen) atoms. The second kappa shape index (κ2) is 5.19. The quantitative estimate of drug-likeness (QED) is 0.833. The molecule has 96 valence electrons. The average Bonchev–Trinajstić information content (AvgIpc) is 2.25. The van der Waals surface area contributed by atoms with Crippen LogP contribution in [0.3, 0.4) is 0 Å². The van der Waals surface area contributed by atoms with Crippen molar-refractivity contribution in [1.29, 1.82) is 0 Å². The van der Waals surface area contributed by atoms with Crippen molar-refractivity contribution in [3.8, 4) is 11.8 Å². The number of halogens is 3. The maximum absolute atomic E-state index is 12.0. The Bertz CT molecular complexity index is 371. The van der Waals surface area contributed by atoms with E-state index < -0.39 is 18.8 Å². The molecule has 0 unspecified atom stereocenters. The summed E-state index contributed by atoms with van der Waals surface area (Å²) in [5.41, 5.74) is 5.90.